The minimum Gasteiger partial charge on any atom is -0.462 e. The van der Waals surface area contributed by atoms with Crippen LogP contribution in [0.1, 0.15) is 29.3 Å². The van der Waals surface area contributed by atoms with Gasteiger partial charge in [-0.15, -0.1) is 0 Å². The summed E-state index contributed by atoms with van der Waals surface area (Å²) < 4.78 is 54.5. The maximum Gasteiger partial charge on any atom is 0.416 e. The van der Waals surface area contributed by atoms with E-state index in [-0.39, 0.29) is 12.7 Å². The Bertz CT molecular complexity index is 412. The van der Waals surface area contributed by atoms with Crippen molar-refractivity contribution >= 4 is 5.97 Å². The van der Waals surface area contributed by atoms with Crippen molar-refractivity contribution in [2.45, 2.75) is 19.5 Å². The summed E-state index contributed by atoms with van der Waals surface area (Å²) in [7, 11) is 0. The minimum absolute atomic E-state index is 0.0965. The fourth-order valence-electron chi connectivity index (χ4n) is 1.13. The molecule has 0 aliphatic heterocycles. The monoisotopic (exact) mass is 250 g/mol. The number of hydrogen-bond donors (Lipinski definition) is 0. The number of alkyl halides is 3. The highest BCUT2D eigenvalue weighted by molar-refractivity contribution is 5.89. The molecule has 0 aliphatic rings. The zero-order valence-corrected chi connectivity index (χ0v) is 8.97. The second kappa shape index (κ2) is 5.16. The standard InChI is InChI=1S/C11H10F4O2/c1-2-5-17-10(16)8-4-3-7(6-9(8)12)11(13,14)15/h3-4,6H,2,5H2,1H3. The van der Waals surface area contributed by atoms with E-state index >= 15 is 0 Å². The van der Waals surface area contributed by atoms with Crippen LogP contribution < -0.4 is 0 Å². The first-order chi connectivity index (χ1) is 7.86. The van der Waals surface area contributed by atoms with E-state index in [2.05, 4.69) is 4.74 Å². The van der Waals surface area contributed by atoms with Crippen LogP contribution in [-0.2, 0) is 10.9 Å². The van der Waals surface area contributed by atoms with Crippen LogP contribution >= 0.6 is 0 Å². The van der Waals surface area contributed by atoms with Crippen molar-refractivity contribution in [3.63, 3.8) is 0 Å². The van der Waals surface area contributed by atoms with Gasteiger partial charge in [-0.2, -0.15) is 13.2 Å². The maximum atomic E-state index is 13.3. The van der Waals surface area contributed by atoms with E-state index in [1.54, 1.807) is 6.92 Å². The van der Waals surface area contributed by atoms with Crippen LogP contribution in [0.15, 0.2) is 18.2 Å². The largest absolute Gasteiger partial charge is 0.462 e. The number of halogens is 4. The SMILES string of the molecule is CCCOC(=O)c1ccc(C(F)(F)F)cc1F. The molecule has 0 N–H and O–H groups in total. The van der Waals surface area contributed by atoms with Crippen LogP contribution in [0.5, 0.6) is 0 Å². The number of ether oxygens (including phenoxy) is 1. The van der Waals surface area contributed by atoms with Gasteiger partial charge >= 0.3 is 12.1 Å². The van der Waals surface area contributed by atoms with E-state index in [9.17, 15) is 22.4 Å². The van der Waals surface area contributed by atoms with Gasteiger partial charge in [-0.3, -0.25) is 0 Å². The summed E-state index contributed by atoms with van der Waals surface area (Å²) in [4.78, 5) is 11.2. The Kier molecular flexibility index (Phi) is 4.09. The Morgan fingerprint density at radius 3 is 2.47 bits per heavy atom. The van der Waals surface area contributed by atoms with Crippen molar-refractivity contribution < 1.29 is 27.1 Å². The van der Waals surface area contributed by atoms with E-state index in [4.69, 9.17) is 0 Å². The summed E-state index contributed by atoms with van der Waals surface area (Å²) in [5.74, 6) is -2.20. The number of carbonyl (C=O) groups is 1. The van der Waals surface area contributed by atoms with E-state index < -0.39 is 29.1 Å². The first-order valence-corrected chi connectivity index (χ1v) is 4.90. The lowest BCUT2D eigenvalue weighted by molar-refractivity contribution is -0.137. The van der Waals surface area contributed by atoms with Gasteiger partial charge in [0.1, 0.15) is 5.82 Å². The lowest BCUT2D eigenvalue weighted by Crippen LogP contribution is -2.11. The van der Waals surface area contributed by atoms with E-state index in [0.717, 1.165) is 6.07 Å². The zero-order chi connectivity index (χ0) is 13.1. The Hall–Kier alpha value is -1.59. The molecule has 1 aromatic carbocycles. The lowest BCUT2D eigenvalue weighted by atomic mass is 10.1. The highest BCUT2D eigenvalue weighted by Crippen LogP contribution is 2.30. The second-order valence-electron chi connectivity index (χ2n) is 3.33. The number of esters is 1. The van der Waals surface area contributed by atoms with Gasteiger partial charge in [0.25, 0.3) is 0 Å². The molecule has 0 radical (unpaired) electrons. The summed E-state index contributed by atoms with van der Waals surface area (Å²) in [6.07, 6.45) is -4.08. The van der Waals surface area contributed by atoms with Gasteiger partial charge in [-0.25, -0.2) is 9.18 Å². The first-order valence-electron chi connectivity index (χ1n) is 4.90. The molecular formula is C11H10F4O2. The third kappa shape index (κ3) is 3.44. The first kappa shape index (κ1) is 13.5. The summed E-state index contributed by atoms with van der Waals surface area (Å²) in [6.45, 7) is 1.84. The van der Waals surface area contributed by atoms with E-state index in [1.807, 2.05) is 0 Å². The molecule has 0 amide bonds. The highest BCUT2D eigenvalue weighted by atomic mass is 19.4. The van der Waals surface area contributed by atoms with E-state index in [1.165, 1.54) is 0 Å². The highest BCUT2D eigenvalue weighted by Gasteiger charge is 2.31. The molecular weight excluding hydrogens is 240 g/mol. The molecule has 0 aliphatic carbocycles. The number of benzene rings is 1. The summed E-state index contributed by atoms with van der Waals surface area (Å²) in [5.41, 5.74) is -1.63. The van der Waals surface area contributed by atoms with Crippen molar-refractivity contribution in [3.8, 4) is 0 Å². The molecule has 0 unspecified atom stereocenters. The molecule has 17 heavy (non-hydrogen) atoms. The van der Waals surface area contributed by atoms with Gasteiger partial charge in [0.15, 0.2) is 0 Å². The van der Waals surface area contributed by atoms with E-state index in [0.29, 0.717) is 12.5 Å². The van der Waals surface area contributed by atoms with Crippen LogP contribution in [0.3, 0.4) is 0 Å². The maximum absolute atomic E-state index is 13.3. The van der Waals surface area contributed by atoms with Crippen LogP contribution in [-0.4, -0.2) is 12.6 Å². The van der Waals surface area contributed by atoms with Crippen molar-refractivity contribution in [2.75, 3.05) is 6.61 Å². The predicted octanol–water partition coefficient (Wildman–Crippen LogP) is 3.41. The van der Waals surface area contributed by atoms with Crippen molar-refractivity contribution in [1.29, 1.82) is 0 Å². The van der Waals surface area contributed by atoms with Crippen LogP contribution in [0, 0.1) is 5.82 Å². The average molecular weight is 250 g/mol. The molecule has 0 saturated heterocycles. The number of hydrogen-bond acceptors (Lipinski definition) is 2. The molecule has 6 heteroatoms. The smallest absolute Gasteiger partial charge is 0.416 e. The van der Waals surface area contributed by atoms with Crippen molar-refractivity contribution in [3.05, 3.63) is 35.1 Å². The van der Waals surface area contributed by atoms with Gasteiger partial charge in [-0.1, -0.05) is 6.92 Å². The van der Waals surface area contributed by atoms with Gasteiger partial charge in [0.2, 0.25) is 0 Å². The fourth-order valence-corrected chi connectivity index (χ4v) is 1.13. The number of carbonyl (C=O) groups excluding carboxylic acids is 1. The molecule has 94 valence electrons. The molecule has 1 aromatic rings. The Morgan fingerprint density at radius 2 is 2.00 bits per heavy atom. The topological polar surface area (TPSA) is 26.3 Å². The minimum atomic E-state index is -4.63. The van der Waals surface area contributed by atoms with Crippen molar-refractivity contribution in [1.82, 2.24) is 0 Å². The van der Waals surface area contributed by atoms with Crippen LogP contribution in [0.2, 0.25) is 0 Å². The van der Waals surface area contributed by atoms with Crippen LogP contribution in [0.4, 0.5) is 17.6 Å². The summed E-state index contributed by atoms with van der Waals surface area (Å²) >= 11 is 0. The molecule has 0 spiro atoms. The zero-order valence-electron chi connectivity index (χ0n) is 8.97. The summed E-state index contributed by atoms with van der Waals surface area (Å²) in [6, 6.07) is 1.70. The average Bonchev–Trinajstić information content (AvgIpc) is 2.24. The van der Waals surface area contributed by atoms with Crippen molar-refractivity contribution in [2.24, 2.45) is 0 Å². The van der Waals surface area contributed by atoms with Gasteiger partial charge in [0.05, 0.1) is 17.7 Å². The summed E-state index contributed by atoms with van der Waals surface area (Å²) in [5, 5.41) is 0. The lowest BCUT2D eigenvalue weighted by Gasteiger charge is -2.08. The second-order valence-corrected chi connectivity index (χ2v) is 3.33. The Balaban J connectivity index is 2.94. The van der Waals surface area contributed by atoms with Gasteiger partial charge in [-0.05, 0) is 24.6 Å². The molecule has 0 bridgehead atoms. The normalized spacial score (nSPS) is 11.4. The Morgan fingerprint density at radius 1 is 1.35 bits per heavy atom. The molecule has 1 rings (SSSR count). The molecule has 0 heterocycles. The Labute approximate surface area is 95.2 Å². The molecule has 2 nitrogen and oxygen atoms in total. The third-order valence-corrected chi connectivity index (χ3v) is 1.95. The fraction of sp³-hybridized carbons (Fsp3) is 0.364. The van der Waals surface area contributed by atoms with Gasteiger partial charge in [0, 0.05) is 0 Å². The third-order valence-electron chi connectivity index (χ3n) is 1.95. The number of rotatable bonds is 3. The molecule has 0 aromatic heterocycles. The molecule has 0 fully saturated rings. The van der Waals surface area contributed by atoms with Crippen LogP contribution in [0.25, 0.3) is 0 Å². The van der Waals surface area contributed by atoms with Gasteiger partial charge < -0.3 is 4.74 Å². The quantitative estimate of drug-likeness (QED) is 0.607. The molecule has 0 saturated carbocycles. The predicted molar refractivity (Wildman–Crippen MR) is 52.0 cm³/mol. The molecule has 0 atom stereocenters.